The summed E-state index contributed by atoms with van der Waals surface area (Å²) >= 11 is 3.19. The van der Waals surface area contributed by atoms with Gasteiger partial charge in [0.05, 0.1) is 0 Å². The number of hydrogen-bond donors (Lipinski definition) is 1. The number of rotatable bonds is 1. The number of fused-ring (bicyclic) bond motifs is 1. The average molecular weight is 412 g/mol. The molecule has 0 radical (unpaired) electrons. The van der Waals surface area contributed by atoms with Crippen molar-refractivity contribution in [3.63, 3.8) is 0 Å². The fourth-order valence-electron chi connectivity index (χ4n) is 3.18. The van der Waals surface area contributed by atoms with E-state index in [1.807, 2.05) is 27.7 Å². The lowest BCUT2D eigenvalue weighted by Crippen LogP contribution is -2.42. The lowest BCUT2D eigenvalue weighted by atomic mass is 9.89. The molecule has 3 rings (SSSR count). The predicted molar refractivity (Wildman–Crippen MR) is 95.8 cm³/mol. The van der Waals surface area contributed by atoms with E-state index in [0.717, 1.165) is 5.69 Å². The van der Waals surface area contributed by atoms with Gasteiger partial charge in [-0.05, 0) is 62.4 Å². The molecule has 9 heteroatoms. The fraction of sp³-hybridized carbons (Fsp3) is 0.625. The molecule has 1 saturated heterocycles. The molecule has 0 saturated carbocycles. The van der Waals surface area contributed by atoms with Gasteiger partial charge in [0.15, 0.2) is 0 Å². The SMILES string of the molecule is Cc1[nH]c2nc(Br)nn2c(=O)c1C1CCN(C(=O)OC(C)(C)C)CC1. The quantitative estimate of drug-likeness (QED) is 0.778. The molecular formula is C16H22BrN5O3. The number of ether oxygens (including phenoxy) is 1. The van der Waals surface area contributed by atoms with Crippen LogP contribution in [0.1, 0.15) is 50.8 Å². The molecule has 8 nitrogen and oxygen atoms in total. The Balaban J connectivity index is 1.78. The van der Waals surface area contributed by atoms with E-state index in [9.17, 15) is 9.59 Å². The minimum absolute atomic E-state index is 0.0785. The molecule has 1 fully saturated rings. The van der Waals surface area contributed by atoms with Crippen LogP contribution in [0.3, 0.4) is 0 Å². The zero-order chi connectivity index (χ0) is 18.4. The third kappa shape index (κ3) is 3.70. The molecular weight excluding hydrogens is 390 g/mol. The van der Waals surface area contributed by atoms with Crippen molar-refractivity contribution in [1.29, 1.82) is 0 Å². The molecule has 0 atom stereocenters. The molecule has 136 valence electrons. The van der Waals surface area contributed by atoms with Gasteiger partial charge in [0.25, 0.3) is 5.56 Å². The van der Waals surface area contributed by atoms with Gasteiger partial charge in [-0.15, -0.1) is 5.10 Å². The fourth-order valence-corrected chi connectivity index (χ4v) is 3.50. The standard InChI is InChI=1S/C16H22BrN5O3/c1-9-11(12(23)22-14(18-9)19-13(17)20-22)10-5-7-21(8-6-10)15(24)25-16(2,3)4/h10H,5-8H2,1-4H3,(H,18,19,20). The summed E-state index contributed by atoms with van der Waals surface area (Å²) in [7, 11) is 0. The molecule has 0 aromatic carbocycles. The van der Waals surface area contributed by atoms with Crippen molar-refractivity contribution in [1.82, 2.24) is 24.5 Å². The molecule has 1 aliphatic heterocycles. The van der Waals surface area contributed by atoms with Crippen LogP contribution in [0.2, 0.25) is 0 Å². The number of piperidine rings is 1. The van der Waals surface area contributed by atoms with E-state index in [1.165, 1.54) is 4.52 Å². The van der Waals surface area contributed by atoms with Crippen LogP contribution in [0.5, 0.6) is 0 Å². The van der Waals surface area contributed by atoms with Gasteiger partial charge in [0, 0.05) is 24.3 Å². The van der Waals surface area contributed by atoms with E-state index >= 15 is 0 Å². The van der Waals surface area contributed by atoms with Crippen LogP contribution in [0, 0.1) is 6.92 Å². The summed E-state index contributed by atoms with van der Waals surface area (Å²) in [6.45, 7) is 8.57. The summed E-state index contributed by atoms with van der Waals surface area (Å²) in [5.41, 5.74) is 0.856. The molecule has 1 aliphatic rings. The van der Waals surface area contributed by atoms with E-state index in [2.05, 4.69) is 31.0 Å². The smallest absolute Gasteiger partial charge is 0.410 e. The topological polar surface area (TPSA) is 92.6 Å². The second-order valence-corrected chi connectivity index (χ2v) is 8.04. The molecule has 2 aromatic heterocycles. The summed E-state index contributed by atoms with van der Waals surface area (Å²) in [4.78, 5) is 33.9. The van der Waals surface area contributed by atoms with Crippen LogP contribution in [0.15, 0.2) is 9.53 Å². The van der Waals surface area contributed by atoms with Crippen LogP contribution in [0.4, 0.5) is 4.79 Å². The number of nitrogens with zero attached hydrogens (tertiary/aromatic N) is 4. The molecule has 1 N–H and O–H groups in total. The highest BCUT2D eigenvalue weighted by molar-refractivity contribution is 9.10. The third-order valence-corrected chi connectivity index (χ3v) is 4.60. The molecule has 1 amide bonds. The minimum Gasteiger partial charge on any atom is -0.444 e. The van der Waals surface area contributed by atoms with E-state index in [0.29, 0.717) is 42.0 Å². The van der Waals surface area contributed by atoms with Gasteiger partial charge in [-0.25, -0.2) is 4.79 Å². The minimum atomic E-state index is -0.507. The first-order valence-corrected chi connectivity index (χ1v) is 9.08. The predicted octanol–water partition coefficient (Wildman–Crippen LogP) is 2.60. The number of aryl methyl sites for hydroxylation is 1. The second kappa shape index (κ2) is 6.44. The van der Waals surface area contributed by atoms with E-state index in [1.54, 1.807) is 4.90 Å². The zero-order valence-electron chi connectivity index (χ0n) is 14.8. The van der Waals surface area contributed by atoms with Crippen LogP contribution < -0.4 is 5.56 Å². The van der Waals surface area contributed by atoms with Gasteiger partial charge in [0.2, 0.25) is 10.5 Å². The van der Waals surface area contributed by atoms with Gasteiger partial charge < -0.3 is 14.6 Å². The largest absolute Gasteiger partial charge is 0.444 e. The van der Waals surface area contributed by atoms with Gasteiger partial charge in [-0.1, -0.05) is 0 Å². The maximum absolute atomic E-state index is 12.8. The average Bonchev–Trinajstić information content (AvgIpc) is 2.87. The molecule has 3 heterocycles. The number of carbonyl (C=O) groups is 1. The summed E-state index contributed by atoms with van der Waals surface area (Å²) in [5, 5.41) is 4.09. The summed E-state index contributed by atoms with van der Waals surface area (Å²) in [6, 6.07) is 0. The van der Waals surface area contributed by atoms with Crippen molar-refractivity contribution in [3.8, 4) is 0 Å². The summed E-state index contributed by atoms with van der Waals surface area (Å²) in [6.07, 6.45) is 1.13. The Morgan fingerprint density at radius 2 is 1.96 bits per heavy atom. The third-order valence-electron chi connectivity index (χ3n) is 4.26. The number of aromatic nitrogens is 4. The van der Waals surface area contributed by atoms with Crippen LogP contribution >= 0.6 is 15.9 Å². The summed E-state index contributed by atoms with van der Waals surface area (Å²) in [5.74, 6) is 0.499. The van der Waals surface area contributed by atoms with Crippen molar-refractivity contribution >= 4 is 27.8 Å². The molecule has 25 heavy (non-hydrogen) atoms. The summed E-state index contributed by atoms with van der Waals surface area (Å²) < 4.78 is 7.07. The number of halogens is 1. The Labute approximate surface area is 153 Å². The molecule has 2 aromatic rings. The van der Waals surface area contributed by atoms with E-state index in [4.69, 9.17) is 4.74 Å². The Bertz CT molecular complexity index is 859. The highest BCUT2D eigenvalue weighted by Crippen LogP contribution is 2.28. The molecule has 0 unspecified atom stereocenters. The number of carbonyl (C=O) groups excluding carboxylic acids is 1. The normalized spacial score (nSPS) is 16.4. The maximum Gasteiger partial charge on any atom is 0.410 e. The van der Waals surface area contributed by atoms with Crippen LogP contribution in [0.25, 0.3) is 5.78 Å². The Morgan fingerprint density at radius 3 is 2.56 bits per heavy atom. The highest BCUT2D eigenvalue weighted by Gasteiger charge is 2.30. The monoisotopic (exact) mass is 411 g/mol. The van der Waals surface area contributed by atoms with Crippen LogP contribution in [-0.4, -0.2) is 49.3 Å². The van der Waals surface area contributed by atoms with E-state index in [-0.39, 0.29) is 17.6 Å². The van der Waals surface area contributed by atoms with E-state index < -0.39 is 5.60 Å². The lowest BCUT2D eigenvalue weighted by molar-refractivity contribution is 0.0204. The second-order valence-electron chi connectivity index (χ2n) is 7.33. The Morgan fingerprint density at radius 1 is 1.32 bits per heavy atom. The number of H-pyrrole nitrogens is 1. The number of likely N-dealkylation sites (tertiary alicyclic amines) is 1. The zero-order valence-corrected chi connectivity index (χ0v) is 16.4. The number of aromatic amines is 1. The van der Waals surface area contributed by atoms with Gasteiger partial charge in [0.1, 0.15) is 5.60 Å². The van der Waals surface area contributed by atoms with Crippen molar-refractivity contribution < 1.29 is 9.53 Å². The number of nitrogens with one attached hydrogen (secondary N) is 1. The lowest BCUT2D eigenvalue weighted by Gasteiger charge is -2.33. The number of amides is 1. The van der Waals surface area contributed by atoms with Gasteiger partial charge in [-0.3, -0.25) is 4.79 Å². The Kier molecular flexibility index (Phi) is 4.61. The maximum atomic E-state index is 12.8. The van der Waals surface area contributed by atoms with Crippen LogP contribution in [-0.2, 0) is 4.74 Å². The number of hydrogen-bond acceptors (Lipinski definition) is 5. The molecule has 0 bridgehead atoms. The van der Waals surface area contributed by atoms with Crippen molar-refractivity contribution in [2.45, 2.75) is 52.1 Å². The Hall–Kier alpha value is -1.90. The molecule has 0 aliphatic carbocycles. The first kappa shape index (κ1) is 17.9. The molecule has 0 spiro atoms. The van der Waals surface area contributed by atoms with Gasteiger partial charge >= 0.3 is 6.09 Å². The van der Waals surface area contributed by atoms with Gasteiger partial charge in [-0.2, -0.15) is 9.50 Å². The highest BCUT2D eigenvalue weighted by atomic mass is 79.9. The first-order valence-electron chi connectivity index (χ1n) is 8.28. The van der Waals surface area contributed by atoms with Crippen molar-refractivity contribution in [2.75, 3.05) is 13.1 Å². The van der Waals surface area contributed by atoms with Crippen molar-refractivity contribution in [2.24, 2.45) is 0 Å². The van der Waals surface area contributed by atoms with Crippen molar-refractivity contribution in [3.05, 3.63) is 26.3 Å². The first-order chi connectivity index (χ1) is 11.7.